The van der Waals surface area contributed by atoms with Crippen molar-refractivity contribution in [1.82, 2.24) is 5.32 Å². The highest BCUT2D eigenvalue weighted by molar-refractivity contribution is 6.30. The molecule has 148 valence electrons. The minimum absolute atomic E-state index is 0.0721. The highest BCUT2D eigenvalue weighted by Gasteiger charge is 2.35. The Morgan fingerprint density at radius 3 is 2.54 bits per heavy atom. The quantitative estimate of drug-likeness (QED) is 0.801. The van der Waals surface area contributed by atoms with E-state index in [2.05, 4.69) is 5.32 Å². The molecule has 28 heavy (non-hydrogen) atoms. The van der Waals surface area contributed by atoms with Gasteiger partial charge in [-0.25, -0.2) is 0 Å². The van der Waals surface area contributed by atoms with Crippen LogP contribution in [0.5, 0.6) is 11.5 Å². The largest absolute Gasteiger partial charge is 0.497 e. The smallest absolute Gasteiger partial charge is 0.227 e. The Morgan fingerprint density at radius 2 is 1.89 bits per heavy atom. The van der Waals surface area contributed by atoms with Crippen molar-refractivity contribution in [1.29, 1.82) is 0 Å². The molecule has 0 spiro atoms. The molecule has 0 aromatic heterocycles. The van der Waals surface area contributed by atoms with Gasteiger partial charge >= 0.3 is 0 Å². The predicted octanol–water partition coefficient (Wildman–Crippen LogP) is 3.59. The number of benzene rings is 2. The lowest BCUT2D eigenvalue weighted by Crippen LogP contribution is -2.34. The standard InChI is InChI=1S/C21H23ClN2O4/c1-13(18-9-8-17(27-2)11-19(18)28-3)23-21(26)14-10-20(25)24(12-14)16-6-4-15(22)5-7-16/h4-9,11,13-14H,10,12H2,1-3H3,(H,23,26). The van der Waals surface area contributed by atoms with Gasteiger partial charge in [0.25, 0.3) is 0 Å². The normalized spacial score (nSPS) is 17.4. The number of halogens is 1. The van der Waals surface area contributed by atoms with E-state index in [9.17, 15) is 9.59 Å². The summed E-state index contributed by atoms with van der Waals surface area (Å²) in [7, 11) is 3.16. The molecule has 1 aliphatic rings. The van der Waals surface area contributed by atoms with Crippen molar-refractivity contribution >= 4 is 29.1 Å². The van der Waals surface area contributed by atoms with E-state index in [-0.39, 0.29) is 24.3 Å². The van der Waals surface area contributed by atoms with Crippen LogP contribution in [-0.2, 0) is 9.59 Å². The minimum Gasteiger partial charge on any atom is -0.497 e. The van der Waals surface area contributed by atoms with Crippen LogP contribution in [0.3, 0.4) is 0 Å². The first-order valence-corrected chi connectivity index (χ1v) is 9.39. The van der Waals surface area contributed by atoms with Gasteiger partial charge in [0.15, 0.2) is 0 Å². The molecule has 3 rings (SSSR count). The van der Waals surface area contributed by atoms with Crippen LogP contribution in [0.1, 0.15) is 24.9 Å². The van der Waals surface area contributed by atoms with E-state index in [1.165, 1.54) is 0 Å². The SMILES string of the molecule is COc1ccc(C(C)NC(=O)C2CC(=O)N(c3ccc(Cl)cc3)C2)c(OC)c1. The molecule has 1 saturated heterocycles. The van der Waals surface area contributed by atoms with Gasteiger partial charge in [0, 0.05) is 35.3 Å². The van der Waals surface area contributed by atoms with Crippen LogP contribution in [-0.4, -0.2) is 32.6 Å². The van der Waals surface area contributed by atoms with Crippen LogP contribution in [0.15, 0.2) is 42.5 Å². The molecule has 2 aromatic rings. The zero-order valence-corrected chi connectivity index (χ0v) is 16.8. The number of hydrogen-bond acceptors (Lipinski definition) is 4. The summed E-state index contributed by atoms with van der Waals surface area (Å²) >= 11 is 5.91. The third kappa shape index (κ3) is 4.22. The number of nitrogens with zero attached hydrogens (tertiary/aromatic N) is 1. The van der Waals surface area contributed by atoms with Gasteiger partial charge in [0.1, 0.15) is 11.5 Å². The van der Waals surface area contributed by atoms with Crippen LogP contribution >= 0.6 is 11.6 Å². The molecule has 0 aliphatic carbocycles. The highest BCUT2D eigenvalue weighted by Crippen LogP contribution is 2.31. The number of hydrogen-bond donors (Lipinski definition) is 1. The van der Waals surface area contributed by atoms with E-state index in [1.54, 1.807) is 49.5 Å². The van der Waals surface area contributed by atoms with Crippen LogP contribution in [0.25, 0.3) is 0 Å². The molecule has 1 heterocycles. The molecular formula is C21H23ClN2O4. The molecule has 1 aliphatic heterocycles. The number of carbonyl (C=O) groups excluding carboxylic acids is 2. The topological polar surface area (TPSA) is 67.9 Å². The van der Waals surface area contributed by atoms with Crippen molar-refractivity contribution in [2.24, 2.45) is 5.92 Å². The summed E-state index contributed by atoms with van der Waals surface area (Å²) in [5.41, 5.74) is 1.59. The first-order valence-electron chi connectivity index (χ1n) is 9.01. The average molecular weight is 403 g/mol. The summed E-state index contributed by atoms with van der Waals surface area (Å²) < 4.78 is 10.6. The number of amides is 2. The predicted molar refractivity (Wildman–Crippen MR) is 108 cm³/mol. The fourth-order valence-corrected chi connectivity index (χ4v) is 3.46. The lowest BCUT2D eigenvalue weighted by Gasteiger charge is -2.20. The van der Waals surface area contributed by atoms with E-state index >= 15 is 0 Å². The summed E-state index contributed by atoms with van der Waals surface area (Å²) in [6.45, 7) is 2.23. The molecule has 0 bridgehead atoms. The first kappa shape index (κ1) is 20.0. The molecule has 6 nitrogen and oxygen atoms in total. The molecule has 0 saturated carbocycles. The second-order valence-electron chi connectivity index (χ2n) is 6.72. The number of carbonyl (C=O) groups is 2. The summed E-state index contributed by atoms with van der Waals surface area (Å²) in [6.07, 6.45) is 0.181. The summed E-state index contributed by atoms with van der Waals surface area (Å²) in [5, 5.41) is 3.60. The van der Waals surface area contributed by atoms with Crippen LogP contribution < -0.4 is 19.7 Å². The Balaban J connectivity index is 1.68. The minimum atomic E-state index is -0.408. The Bertz CT molecular complexity index is 869. The van der Waals surface area contributed by atoms with Crippen molar-refractivity contribution < 1.29 is 19.1 Å². The molecule has 2 amide bonds. The van der Waals surface area contributed by atoms with Gasteiger partial charge in [-0.1, -0.05) is 11.6 Å². The molecule has 1 fully saturated rings. The zero-order valence-electron chi connectivity index (χ0n) is 16.1. The number of ether oxygens (including phenoxy) is 2. The van der Waals surface area contributed by atoms with Gasteiger partial charge in [-0.05, 0) is 43.3 Å². The summed E-state index contributed by atoms with van der Waals surface area (Å²) in [4.78, 5) is 26.8. The van der Waals surface area contributed by atoms with Gasteiger partial charge < -0.3 is 19.7 Å². The maximum atomic E-state index is 12.8. The van der Waals surface area contributed by atoms with Crippen molar-refractivity contribution in [2.75, 3.05) is 25.7 Å². The molecular weight excluding hydrogens is 380 g/mol. The molecule has 2 unspecified atom stereocenters. The third-order valence-corrected chi connectivity index (χ3v) is 5.15. The van der Waals surface area contributed by atoms with E-state index in [1.807, 2.05) is 19.1 Å². The maximum Gasteiger partial charge on any atom is 0.227 e. The van der Waals surface area contributed by atoms with Gasteiger partial charge in [0.2, 0.25) is 11.8 Å². The molecule has 1 N–H and O–H groups in total. The molecule has 0 radical (unpaired) electrons. The van der Waals surface area contributed by atoms with Crippen molar-refractivity contribution in [3.05, 3.63) is 53.1 Å². The van der Waals surface area contributed by atoms with Crippen molar-refractivity contribution in [3.63, 3.8) is 0 Å². The maximum absolute atomic E-state index is 12.8. The van der Waals surface area contributed by atoms with Crippen LogP contribution in [0, 0.1) is 5.92 Å². The molecule has 2 aromatic carbocycles. The number of rotatable bonds is 6. The van der Waals surface area contributed by atoms with Gasteiger partial charge in [-0.15, -0.1) is 0 Å². The van der Waals surface area contributed by atoms with Gasteiger partial charge in [0.05, 0.1) is 26.2 Å². The Labute approximate surface area is 169 Å². The first-order chi connectivity index (χ1) is 13.4. The monoisotopic (exact) mass is 402 g/mol. The Kier molecular flexibility index (Phi) is 6.09. The van der Waals surface area contributed by atoms with E-state index in [4.69, 9.17) is 21.1 Å². The second-order valence-corrected chi connectivity index (χ2v) is 7.16. The number of methoxy groups -OCH3 is 2. The molecule has 7 heteroatoms. The molecule has 2 atom stereocenters. The van der Waals surface area contributed by atoms with Crippen LogP contribution in [0.4, 0.5) is 5.69 Å². The zero-order chi connectivity index (χ0) is 20.3. The fourth-order valence-electron chi connectivity index (χ4n) is 3.34. The van der Waals surface area contributed by atoms with Crippen LogP contribution in [0.2, 0.25) is 5.02 Å². The van der Waals surface area contributed by atoms with E-state index < -0.39 is 5.92 Å². The Hall–Kier alpha value is -2.73. The lowest BCUT2D eigenvalue weighted by atomic mass is 10.0. The lowest BCUT2D eigenvalue weighted by molar-refractivity contribution is -0.126. The summed E-state index contributed by atoms with van der Waals surface area (Å²) in [5.74, 6) is 0.679. The van der Waals surface area contributed by atoms with Crippen molar-refractivity contribution in [3.8, 4) is 11.5 Å². The van der Waals surface area contributed by atoms with Gasteiger partial charge in [-0.2, -0.15) is 0 Å². The fraction of sp³-hybridized carbons (Fsp3) is 0.333. The number of nitrogens with one attached hydrogen (secondary N) is 1. The third-order valence-electron chi connectivity index (χ3n) is 4.90. The average Bonchev–Trinajstić information content (AvgIpc) is 3.09. The van der Waals surface area contributed by atoms with Crippen molar-refractivity contribution in [2.45, 2.75) is 19.4 Å². The highest BCUT2D eigenvalue weighted by atomic mass is 35.5. The number of anilines is 1. The van der Waals surface area contributed by atoms with E-state index in [0.717, 1.165) is 11.3 Å². The second kappa shape index (κ2) is 8.52. The Morgan fingerprint density at radius 1 is 1.18 bits per heavy atom. The summed E-state index contributed by atoms with van der Waals surface area (Å²) in [6, 6.07) is 12.2. The van der Waals surface area contributed by atoms with Gasteiger partial charge in [-0.3, -0.25) is 9.59 Å². The van der Waals surface area contributed by atoms with E-state index in [0.29, 0.717) is 23.1 Å².